The Bertz CT molecular complexity index is 401. The summed E-state index contributed by atoms with van der Waals surface area (Å²) in [6.07, 6.45) is 10.2. The molecule has 8 heteroatoms. The predicted molar refractivity (Wildman–Crippen MR) is 103 cm³/mol. The first-order valence-electron chi connectivity index (χ1n) is 9.97. The highest BCUT2D eigenvalue weighted by Crippen LogP contribution is 2.35. The van der Waals surface area contributed by atoms with Gasteiger partial charge in [0.2, 0.25) is 5.91 Å². The molecule has 156 valence electrons. The van der Waals surface area contributed by atoms with E-state index in [1.807, 2.05) is 0 Å². The molecule has 0 aliphatic heterocycles. The van der Waals surface area contributed by atoms with Crippen molar-refractivity contribution in [2.24, 2.45) is 5.92 Å². The summed E-state index contributed by atoms with van der Waals surface area (Å²) in [5, 5.41) is 13.1. The van der Waals surface area contributed by atoms with Crippen LogP contribution in [0.15, 0.2) is 0 Å². The van der Waals surface area contributed by atoms with Gasteiger partial charge in [-0.3, -0.25) is 9.32 Å². The fourth-order valence-corrected chi connectivity index (χ4v) is 3.25. The average Bonchev–Trinajstić information content (AvgIpc) is 2.57. The van der Waals surface area contributed by atoms with Crippen molar-refractivity contribution in [3.05, 3.63) is 0 Å². The summed E-state index contributed by atoms with van der Waals surface area (Å²) in [6.45, 7) is 4.03. The monoisotopic (exact) mass is 395 g/mol. The lowest BCUT2D eigenvalue weighted by molar-refractivity contribution is -0.129. The lowest BCUT2D eigenvalue weighted by atomic mass is 9.91. The summed E-state index contributed by atoms with van der Waals surface area (Å²) < 4.78 is 15.0. The lowest BCUT2D eigenvalue weighted by Crippen LogP contribution is -2.39. The number of hydrogen-bond acceptors (Lipinski definition) is 4. The second kappa shape index (κ2) is 15.6. The second-order valence-electron chi connectivity index (χ2n) is 6.84. The fraction of sp³-hybridized carbons (Fsp3) is 0.944. The summed E-state index contributed by atoms with van der Waals surface area (Å²) in [5.74, 6) is -0.745. The van der Waals surface area contributed by atoms with Gasteiger partial charge in [0.05, 0.1) is 18.6 Å². The molecule has 1 amide bonds. The number of nitrogens with one attached hydrogen (secondary N) is 1. The van der Waals surface area contributed by atoms with Gasteiger partial charge in [0, 0.05) is 6.54 Å². The standard InChI is InChI=1S/C18H38NO6P/c1-3-5-7-9-11-13-17(20)16(12-10-8-6-4-2)18(21)19-14-15-25-26(22,23)24/h16-17,20H,3-15H2,1-2H3,(H,19,21)(H2,22,23,24). The minimum absolute atomic E-state index is 0.0125. The van der Waals surface area contributed by atoms with Crippen LogP contribution in [0.5, 0.6) is 0 Å². The van der Waals surface area contributed by atoms with E-state index in [0.717, 1.165) is 44.9 Å². The van der Waals surface area contributed by atoms with Crippen molar-refractivity contribution in [1.29, 1.82) is 0 Å². The minimum atomic E-state index is -4.52. The van der Waals surface area contributed by atoms with Gasteiger partial charge in [-0.2, -0.15) is 0 Å². The molecule has 0 bridgehead atoms. The Labute approximate surface area is 158 Å². The Kier molecular flexibility index (Phi) is 15.3. The van der Waals surface area contributed by atoms with Crippen LogP contribution in [0, 0.1) is 5.92 Å². The van der Waals surface area contributed by atoms with Crippen molar-refractivity contribution in [2.75, 3.05) is 13.2 Å². The summed E-state index contributed by atoms with van der Waals surface area (Å²) in [5.41, 5.74) is 0. The molecule has 0 heterocycles. The van der Waals surface area contributed by atoms with Gasteiger partial charge in [-0.1, -0.05) is 71.6 Å². The molecule has 0 aliphatic rings. The van der Waals surface area contributed by atoms with E-state index in [1.165, 1.54) is 12.8 Å². The van der Waals surface area contributed by atoms with Gasteiger partial charge in [-0.15, -0.1) is 0 Å². The van der Waals surface area contributed by atoms with Crippen LogP contribution in [0.4, 0.5) is 0 Å². The molecular weight excluding hydrogens is 357 g/mol. The average molecular weight is 395 g/mol. The van der Waals surface area contributed by atoms with Crippen molar-refractivity contribution >= 4 is 13.7 Å². The zero-order valence-electron chi connectivity index (χ0n) is 16.4. The van der Waals surface area contributed by atoms with Crippen molar-refractivity contribution in [1.82, 2.24) is 5.32 Å². The van der Waals surface area contributed by atoms with Gasteiger partial charge in [0.1, 0.15) is 0 Å². The van der Waals surface area contributed by atoms with Crippen LogP contribution in [0.2, 0.25) is 0 Å². The highest BCUT2D eigenvalue weighted by atomic mass is 31.2. The van der Waals surface area contributed by atoms with Gasteiger partial charge in [0.15, 0.2) is 0 Å². The molecule has 0 aromatic rings. The van der Waals surface area contributed by atoms with E-state index >= 15 is 0 Å². The molecule has 2 unspecified atom stereocenters. The van der Waals surface area contributed by atoms with Gasteiger partial charge in [-0.05, 0) is 12.8 Å². The number of phosphoric ester groups is 1. The van der Waals surface area contributed by atoms with Crippen LogP contribution in [0.3, 0.4) is 0 Å². The fourth-order valence-electron chi connectivity index (χ4n) is 2.92. The molecule has 0 fully saturated rings. The van der Waals surface area contributed by atoms with E-state index in [9.17, 15) is 14.5 Å². The van der Waals surface area contributed by atoms with Crippen molar-refractivity contribution in [2.45, 2.75) is 90.6 Å². The first-order chi connectivity index (χ1) is 12.3. The van der Waals surface area contributed by atoms with Crippen LogP contribution in [-0.2, 0) is 13.9 Å². The molecular formula is C18H38NO6P. The number of aliphatic hydroxyl groups excluding tert-OH is 1. The van der Waals surface area contributed by atoms with E-state index in [-0.39, 0.29) is 19.1 Å². The molecule has 0 rings (SSSR count). The zero-order valence-corrected chi connectivity index (χ0v) is 17.3. The van der Waals surface area contributed by atoms with E-state index in [2.05, 4.69) is 23.7 Å². The number of hydrogen-bond donors (Lipinski definition) is 4. The molecule has 0 aromatic heterocycles. The minimum Gasteiger partial charge on any atom is -0.392 e. The van der Waals surface area contributed by atoms with Crippen LogP contribution < -0.4 is 5.32 Å². The maximum Gasteiger partial charge on any atom is 0.469 e. The van der Waals surface area contributed by atoms with Gasteiger partial charge >= 0.3 is 7.82 Å². The van der Waals surface area contributed by atoms with E-state index in [0.29, 0.717) is 12.8 Å². The largest absolute Gasteiger partial charge is 0.469 e. The number of unbranched alkanes of at least 4 members (excludes halogenated alkanes) is 7. The van der Waals surface area contributed by atoms with E-state index in [4.69, 9.17) is 9.79 Å². The van der Waals surface area contributed by atoms with Crippen LogP contribution in [0.1, 0.15) is 84.5 Å². The quantitative estimate of drug-likeness (QED) is 0.221. The summed E-state index contributed by atoms with van der Waals surface area (Å²) in [6, 6.07) is 0. The number of carbonyl (C=O) groups excluding carboxylic acids is 1. The number of rotatable bonds is 17. The molecule has 0 radical (unpaired) electrons. The Balaban J connectivity index is 4.36. The topological polar surface area (TPSA) is 116 Å². The Morgan fingerprint density at radius 2 is 1.50 bits per heavy atom. The van der Waals surface area contributed by atoms with Crippen LogP contribution in [-0.4, -0.2) is 40.1 Å². The summed E-state index contributed by atoms with van der Waals surface area (Å²) >= 11 is 0. The number of phosphoric acid groups is 1. The third-order valence-electron chi connectivity index (χ3n) is 4.43. The Hall–Kier alpha value is -0.460. The van der Waals surface area contributed by atoms with E-state index in [1.54, 1.807) is 0 Å². The normalized spacial score (nSPS) is 14.2. The molecule has 0 aromatic carbocycles. The van der Waals surface area contributed by atoms with Crippen molar-refractivity contribution < 1.29 is 28.8 Å². The third kappa shape index (κ3) is 14.7. The second-order valence-corrected chi connectivity index (χ2v) is 8.08. The number of carbonyl (C=O) groups is 1. The maximum absolute atomic E-state index is 12.4. The van der Waals surface area contributed by atoms with Gasteiger partial charge in [0.25, 0.3) is 0 Å². The zero-order chi connectivity index (χ0) is 19.8. The highest BCUT2D eigenvalue weighted by Gasteiger charge is 2.26. The molecule has 26 heavy (non-hydrogen) atoms. The third-order valence-corrected chi connectivity index (χ3v) is 4.95. The first kappa shape index (κ1) is 25.5. The van der Waals surface area contributed by atoms with Crippen molar-refractivity contribution in [3.8, 4) is 0 Å². The molecule has 0 spiro atoms. The maximum atomic E-state index is 12.4. The Morgan fingerprint density at radius 1 is 0.962 bits per heavy atom. The van der Waals surface area contributed by atoms with Crippen LogP contribution >= 0.6 is 7.82 Å². The molecule has 0 saturated heterocycles. The summed E-state index contributed by atoms with van der Waals surface area (Å²) in [7, 11) is -4.52. The number of amides is 1. The molecule has 0 aliphatic carbocycles. The smallest absolute Gasteiger partial charge is 0.392 e. The predicted octanol–water partition coefficient (Wildman–Crippen LogP) is 3.52. The summed E-state index contributed by atoms with van der Waals surface area (Å²) in [4.78, 5) is 29.7. The van der Waals surface area contributed by atoms with Gasteiger partial charge < -0.3 is 20.2 Å². The molecule has 2 atom stereocenters. The molecule has 0 saturated carbocycles. The lowest BCUT2D eigenvalue weighted by Gasteiger charge is -2.22. The van der Waals surface area contributed by atoms with E-state index < -0.39 is 19.8 Å². The van der Waals surface area contributed by atoms with Gasteiger partial charge in [-0.25, -0.2) is 4.57 Å². The Morgan fingerprint density at radius 3 is 2.08 bits per heavy atom. The molecule has 4 N–H and O–H groups in total. The number of aliphatic hydroxyl groups is 1. The first-order valence-corrected chi connectivity index (χ1v) is 11.5. The molecule has 7 nitrogen and oxygen atoms in total. The van der Waals surface area contributed by atoms with Crippen molar-refractivity contribution in [3.63, 3.8) is 0 Å². The van der Waals surface area contributed by atoms with Crippen LogP contribution in [0.25, 0.3) is 0 Å². The highest BCUT2D eigenvalue weighted by molar-refractivity contribution is 7.46. The SMILES string of the molecule is CCCCCCCC(O)C(CCCCCC)C(=O)NCCOP(=O)(O)O.